The van der Waals surface area contributed by atoms with Gasteiger partial charge < -0.3 is 30.7 Å². The molecule has 7 rings (SSSR count). The summed E-state index contributed by atoms with van der Waals surface area (Å²) < 4.78 is 13.3. The predicted octanol–water partition coefficient (Wildman–Crippen LogP) is 2.58. The summed E-state index contributed by atoms with van der Waals surface area (Å²) in [6.45, 7) is 2.08. The number of anilines is 1. The van der Waals surface area contributed by atoms with Crippen molar-refractivity contribution in [2.24, 2.45) is 7.05 Å². The van der Waals surface area contributed by atoms with E-state index in [9.17, 15) is 28.8 Å². The zero-order valence-electron chi connectivity index (χ0n) is 31.2. The van der Waals surface area contributed by atoms with Crippen LogP contribution in [0.15, 0.2) is 102 Å². The maximum absolute atomic E-state index is 14.0. The zero-order chi connectivity index (χ0) is 40.9. The first-order chi connectivity index (χ1) is 28.0. The Morgan fingerprint density at radius 1 is 0.931 bits per heavy atom. The highest BCUT2D eigenvalue weighted by Gasteiger charge is 2.54. The summed E-state index contributed by atoms with van der Waals surface area (Å²) >= 11 is 2.61. The number of carbonyl (C=O) groups excluding carboxylic acids is 6. The number of carbonyl (C=O) groups is 6. The lowest BCUT2D eigenvalue weighted by Gasteiger charge is -2.49. The van der Waals surface area contributed by atoms with Crippen molar-refractivity contribution in [2.75, 3.05) is 36.9 Å². The molecule has 4 aromatic rings. The smallest absolute Gasteiger partial charge is 0.421 e. The number of nitrogens with zero attached hydrogens (tertiary/aromatic N) is 7. The number of amides is 6. The van der Waals surface area contributed by atoms with Crippen LogP contribution in [0.5, 0.6) is 0 Å². The van der Waals surface area contributed by atoms with Gasteiger partial charge in [0.2, 0.25) is 16.9 Å². The van der Waals surface area contributed by atoms with Gasteiger partial charge in [-0.15, -0.1) is 16.9 Å². The molecule has 0 radical (unpaired) electrons. The number of nitrogen functional groups attached to an aromatic ring is 1. The summed E-state index contributed by atoms with van der Waals surface area (Å²) in [6.07, 6.45) is -1.88. The van der Waals surface area contributed by atoms with Gasteiger partial charge in [0.1, 0.15) is 17.5 Å². The highest BCUT2D eigenvalue weighted by atomic mass is 32.2. The molecule has 0 aliphatic carbocycles. The molecular formula is C38H38N10O8S2. The molecule has 18 nitrogen and oxygen atoms in total. The number of β-lactam (4-membered cyclic amide) rings is 1. The van der Waals surface area contributed by atoms with Crippen LogP contribution < -0.4 is 16.4 Å². The van der Waals surface area contributed by atoms with E-state index in [-0.39, 0.29) is 24.7 Å². The maximum atomic E-state index is 14.0. The average molecular weight is 827 g/mol. The van der Waals surface area contributed by atoms with Gasteiger partial charge in [0.05, 0.1) is 0 Å². The van der Waals surface area contributed by atoms with E-state index in [0.717, 1.165) is 4.90 Å². The van der Waals surface area contributed by atoms with Crippen molar-refractivity contribution in [1.29, 1.82) is 0 Å². The lowest BCUT2D eigenvalue weighted by Crippen LogP contribution is -2.71. The Labute approximate surface area is 340 Å². The third-order valence-corrected chi connectivity index (χ3v) is 12.0. The number of rotatable bonds is 12. The molecule has 0 bridgehead atoms. The number of piperazine rings is 1. The summed E-state index contributed by atoms with van der Waals surface area (Å²) in [7, 11) is 1.68. The summed E-state index contributed by atoms with van der Waals surface area (Å²) in [5.74, 6) is -2.70. The molecule has 58 heavy (non-hydrogen) atoms. The Kier molecular flexibility index (Phi) is 11.9. The second kappa shape index (κ2) is 17.4. The van der Waals surface area contributed by atoms with Crippen molar-refractivity contribution >= 4 is 65.0 Å². The van der Waals surface area contributed by atoms with Crippen molar-refractivity contribution < 1.29 is 38.2 Å². The molecule has 4 heterocycles. The number of nitrogens with one attached hydrogen (secondary N) is 2. The fourth-order valence-electron chi connectivity index (χ4n) is 6.50. The van der Waals surface area contributed by atoms with E-state index in [1.807, 2.05) is 60.7 Å². The third-order valence-electron chi connectivity index (χ3n) is 9.58. The Morgan fingerprint density at radius 3 is 2.22 bits per heavy atom. The number of nitrogens with two attached hydrogens (primary N) is 1. The third kappa shape index (κ3) is 8.33. The van der Waals surface area contributed by atoms with Crippen LogP contribution in [0.25, 0.3) is 0 Å². The normalized spacial score (nSPS) is 18.4. The summed E-state index contributed by atoms with van der Waals surface area (Å²) in [6, 6.07) is 21.0. The molecule has 4 N–H and O–H groups in total. The van der Waals surface area contributed by atoms with Gasteiger partial charge in [-0.2, -0.15) is 0 Å². The van der Waals surface area contributed by atoms with Crippen LogP contribution in [0.3, 0.4) is 0 Å². The van der Waals surface area contributed by atoms with Gasteiger partial charge in [0.15, 0.2) is 6.10 Å². The minimum absolute atomic E-state index is 0.0375. The number of likely N-dealkylation sites (N-methyl/N-ethyl adjacent to an activating group) is 1. The van der Waals surface area contributed by atoms with Crippen LogP contribution >= 0.6 is 23.5 Å². The topological polar surface area (TPSA) is 224 Å². The van der Waals surface area contributed by atoms with Crippen LogP contribution in [0, 0.1) is 0 Å². The number of ether oxygens (including phenoxy) is 2. The minimum Gasteiger partial charge on any atom is -0.421 e. The fraction of sp³-hybridized carbons (Fsp3) is 0.289. The molecule has 3 aliphatic rings. The van der Waals surface area contributed by atoms with Gasteiger partial charge >= 0.3 is 24.0 Å². The van der Waals surface area contributed by atoms with Crippen LogP contribution in [0.1, 0.15) is 35.8 Å². The number of thioether (sulfide) groups is 2. The molecule has 0 saturated carbocycles. The van der Waals surface area contributed by atoms with Crippen LogP contribution in [-0.2, 0) is 35.7 Å². The molecule has 3 atom stereocenters. The fourth-order valence-corrected chi connectivity index (χ4v) is 8.80. The van der Waals surface area contributed by atoms with Gasteiger partial charge in [-0.05, 0) is 46.2 Å². The Hall–Kier alpha value is -6.41. The molecule has 2 fully saturated rings. The van der Waals surface area contributed by atoms with Crippen LogP contribution in [0.4, 0.5) is 15.3 Å². The number of imide groups is 1. The molecule has 6 amide bonds. The Morgan fingerprint density at radius 2 is 1.60 bits per heavy atom. The molecule has 300 valence electrons. The van der Waals surface area contributed by atoms with Gasteiger partial charge in [-0.25, -0.2) is 14.3 Å². The lowest BCUT2D eigenvalue weighted by atomic mass is 10.0. The number of hydrogen-bond acceptors (Lipinski definition) is 14. The van der Waals surface area contributed by atoms with E-state index in [2.05, 4.69) is 26.2 Å². The van der Waals surface area contributed by atoms with Crippen molar-refractivity contribution in [3.8, 4) is 0 Å². The number of urea groups is 1. The molecule has 3 aliphatic heterocycles. The molecule has 0 unspecified atom stereocenters. The van der Waals surface area contributed by atoms with E-state index < -0.39 is 59.4 Å². The minimum atomic E-state index is -1.39. The molecular weight excluding hydrogens is 789 g/mol. The molecule has 3 aromatic carbocycles. The molecule has 20 heteroatoms. The van der Waals surface area contributed by atoms with Crippen molar-refractivity contribution in [3.05, 3.63) is 113 Å². The van der Waals surface area contributed by atoms with Crippen molar-refractivity contribution in [3.63, 3.8) is 0 Å². The summed E-state index contributed by atoms with van der Waals surface area (Å²) in [4.78, 5) is 83.9. The summed E-state index contributed by atoms with van der Waals surface area (Å²) in [5, 5.41) is 16.6. The molecule has 0 spiro atoms. The highest BCUT2D eigenvalue weighted by molar-refractivity contribution is 8.01. The predicted molar refractivity (Wildman–Crippen MR) is 210 cm³/mol. The second-order valence-corrected chi connectivity index (χ2v) is 15.3. The number of hydrogen-bond donors (Lipinski definition) is 3. The second-order valence-electron chi connectivity index (χ2n) is 13.2. The Bertz CT molecular complexity index is 2200. The van der Waals surface area contributed by atoms with Gasteiger partial charge in [0, 0.05) is 49.4 Å². The van der Waals surface area contributed by atoms with E-state index in [0.29, 0.717) is 45.4 Å². The molecule has 1 aromatic heterocycles. The first kappa shape index (κ1) is 39.8. The average Bonchev–Trinajstić information content (AvgIpc) is 3.66. The molecule has 2 saturated heterocycles. The number of benzene rings is 3. The van der Waals surface area contributed by atoms with E-state index >= 15 is 0 Å². The van der Waals surface area contributed by atoms with Crippen molar-refractivity contribution in [1.82, 2.24) is 45.5 Å². The number of tetrazole rings is 1. The number of aryl methyl sites for hydroxylation is 1. The monoisotopic (exact) mass is 826 g/mol. The van der Waals surface area contributed by atoms with E-state index in [1.54, 1.807) is 14.0 Å². The lowest BCUT2D eigenvalue weighted by molar-refractivity contribution is -0.153. The zero-order valence-corrected chi connectivity index (χ0v) is 32.9. The van der Waals surface area contributed by atoms with Gasteiger partial charge in [-0.3, -0.25) is 29.0 Å². The number of aromatic nitrogens is 4. The van der Waals surface area contributed by atoms with Gasteiger partial charge in [0.25, 0.3) is 5.91 Å². The Balaban J connectivity index is 1.11. The highest BCUT2D eigenvalue weighted by Crippen LogP contribution is 2.42. The van der Waals surface area contributed by atoms with Gasteiger partial charge in [-0.1, -0.05) is 84.6 Å². The van der Waals surface area contributed by atoms with E-state index in [4.69, 9.17) is 15.2 Å². The maximum Gasteiger partial charge on any atom is 0.516 e. The quantitative estimate of drug-likeness (QED) is 0.0614. The first-order valence-electron chi connectivity index (χ1n) is 18.1. The standard InChI is InChI=1S/C38H38N10O8S2/c1-3-46-18-19-47(33(52)32(46)51)36(53)41-27(22-14-16-26(39)17-15-22)30(49)40-28-31(50)48-34(25(20-57-35(28)48)21-58-37-42-43-44-45(37)2)56-38(54)55-29(23-10-6-4-7-11-23)24-12-8-5-9-13-24/h4-17,27-29,35H,3,18-21,39H2,1-2H3,(H,40,49)(H,41,53)/t27-,28+,35-/m0/s1. The van der Waals surface area contributed by atoms with Crippen molar-refractivity contribution in [2.45, 2.75) is 35.6 Å². The largest absolute Gasteiger partial charge is 0.516 e. The number of fused-ring (bicyclic) bond motifs is 1. The van der Waals surface area contributed by atoms with Crippen LogP contribution in [0.2, 0.25) is 0 Å². The van der Waals surface area contributed by atoms with Crippen LogP contribution in [-0.4, -0.2) is 113 Å². The first-order valence-corrected chi connectivity index (χ1v) is 20.1. The van der Waals surface area contributed by atoms with E-state index in [1.165, 1.54) is 62.3 Å². The summed E-state index contributed by atoms with van der Waals surface area (Å²) in [5.41, 5.74) is 8.57. The SMILES string of the molecule is CCN1CCN(C(=O)N[C@H](C(=O)N[C@@H]2C(=O)N3C(OC(=O)OC(c4ccccc4)c4ccccc4)=C(CSc4nnnn4C)CS[C@@H]23)c2ccc(N)cc2)C(=O)C1=O.